The second-order valence-corrected chi connectivity index (χ2v) is 5.21. The summed E-state index contributed by atoms with van der Waals surface area (Å²) in [4.78, 5) is 0. The second-order valence-electron chi connectivity index (χ2n) is 4.02. The highest BCUT2D eigenvalue weighted by atomic mass is 35.5. The number of benzene rings is 2. The van der Waals surface area contributed by atoms with Gasteiger partial charge in [-0.25, -0.2) is 0 Å². The zero-order valence-electron chi connectivity index (χ0n) is 10.0. The molecule has 2 rings (SSSR count). The maximum Gasteiger partial charge on any atom is 0.147 e. The van der Waals surface area contributed by atoms with E-state index in [4.69, 9.17) is 39.5 Å². The fourth-order valence-corrected chi connectivity index (χ4v) is 2.10. The van der Waals surface area contributed by atoms with Crippen molar-refractivity contribution in [2.75, 3.05) is 0 Å². The van der Waals surface area contributed by atoms with E-state index < -0.39 is 6.10 Å². The van der Waals surface area contributed by atoms with Crippen LogP contribution >= 0.6 is 34.8 Å². The summed E-state index contributed by atoms with van der Waals surface area (Å²) in [6.45, 7) is 1.67. The number of hydrogen-bond donors (Lipinski definition) is 1. The zero-order chi connectivity index (χ0) is 14.0. The quantitative estimate of drug-likeness (QED) is 0.810. The summed E-state index contributed by atoms with van der Waals surface area (Å²) in [5, 5.41) is 10.6. The Labute approximate surface area is 126 Å². The summed E-state index contributed by atoms with van der Waals surface area (Å²) < 4.78 is 5.63. The fourth-order valence-electron chi connectivity index (χ4n) is 1.54. The Morgan fingerprint density at radius 2 is 1.74 bits per heavy atom. The van der Waals surface area contributed by atoms with E-state index in [0.717, 1.165) is 5.56 Å². The van der Waals surface area contributed by atoms with Crippen LogP contribution in [0.25, 0.3) is 0 Å². The maximum absolute atomic E-state index is 9.47. The molecule has 1 N–H and O–H groups in total. The zero-order valence-corrected chi connectivity index (χ0v) is 12.3. The molecule has 0 spiro atoms. The first-order valence-corrected chi connectivity index (χ1v) is 6.72. The van der Waals surface area contributed by atoms with Crippen LogP contribution in [0.5, 0.6) is 11.5 Å². The normalized spacial score (nSPS) is 12.3. The fraction of sp³-hybridized carbons (Fsp3) is 0.143. The number of aliphatic hydroxyl groups excluding tert-OH is 1. The van der Waals surface area contributed by atoms with E-state index in [2.05, 4.69) is 0 Å². The minimum absolute atomic E-state index is 0.333. The third-order valence-corrected chi connectivity index (χ3v) is 3.67. The van der Waals surface area contributed by atoms with Crippen LogP contribution in [0.1, 0.15) is 18.6 Å². The van der Waals surface area contributed by atoms with Crippen molar-refractivity contribution in [2.24, 2.45) is 0 Å². The molecular formula is C14H11Cl3O2. The first kappa shape index (κ1) is 14.5. The molecule has 1 atom stereocenters. The van der Waals surface area contributed by atoms with Crippen molar-refractivity contribution in [1.82, 2.24) is 0 Å². The third kappa shape index (κ3) is 3.34. The Bertz CT molecular complexity index is 597. The summed E-state index contributed by atoms with van der Waals surface area (Å²) in [6, 6.07) is 10.2. The van der Waals surface area contributed by atoms with E-state index in [-0.39, 0.29) is 0 Å². The van der Waals surface area contributed by atoms with Crippen LogP contribution in [0.4, 0.5) is 0 Å². The van der Waals surface area contributed by atoms with Gasteiger partial charge in [-0.2, -0.15) is 0 Å². The molecule has 19 heavy (non-hydrogen) atoms. The van der Waals surface area contributed by atoms with Gasteiger partial charge >= 0.3 is 0 Å². The molecule has 0 saturated carbocycles. The highest BCUT2D eigenvalue weighted by molar-refractivity contribution is 6.43. The van der Waals surface area contributed by atoms with Crippen LogP contribution in [0.3, 0.4) is 0 Å². The molecule has 0 fully saturated rings. The van der Waals surface area contributed by atoms with Gasteiger partial charge in [-0.05, 0) is 36.8 Å². The maximum atomic E-state index is 9.47. The molecular weight excluding hydrogens is 307 g/mol. The van der Waals surface area contributed by atoms with Crippen LogP contribution in [0.2, 0.25) is 15.1 Å². The Morgan fingerprint density at radius 3 is 2.37 bits per heavy atom. The summed E-state index contributed by atoms with van der Waals surface area (Å²) in [7, 11) is 0. The Morgan fingerprint density at radius 1 is 1.00 bits per heavy atom. The number of rotatable bonds is 3. The van der Waals surface area contributed by atoms with E-state index in [1.165, 1.54) is 0 Å². The van der Waals surface area contributed by atoms with Gasteiger partial charge in [0.25, 0.3) is 0 Å². The molecule has 0 aliphatic heterocycles. The lowest BCUT2D eigenvalue weighted by molar-refractivity contribution is 0.199. The van der Waals surface area contributed by atoms with Gasteiger partial charge in [-0.3, -0.25) is 0 Å². The lowest BCUT2D eigenvalue weighted by atomic mass is 10.1. The lowest BCUT2D eigenvalue weighted by Crippen LogP contribution is -1.92. The van der Waals surface area contributed by atoms with Gasteiger partial charge in [0.15, 0.2) is 0 Å². The average Bonchev–Trinajstić information content (AvgIpc) is 2.37. The summed E-state index contributed by atoms with van der Waals surface area (Å²) in [6.07, 6.45) is -0.582. The molecule has 2 aromatic carbocycles. The van der Waals surface area contributed by atoms with Crippen molar-refractivity contribution >= 4 is 34.8 Å². The average molecular weight is 318 g/mol. The van der Waals surface area contributed by atoms with Crippen LogP contribution in [-0.4, -0.2) is 5.11 Å². The Kier molecular flexibility index (Phi) is 4.58. The Balaban J connectivity index is 2.31. The summed E-state index contributed by atoms with van der Waals surface area (Å²) in [5.74, 6) is 0.885. The van der Waals surface area contributed by atoms with Crippen LogP contribution in [-0.2, 0) is 0 Å². The van der Waals surface area contributed by atoms with E-state index in [9.17, 15) is 5.11 Å². The number of ether oxygens (including phenoxy) is 1. The first-order chi connectivity index (χ1) is 8.99. The van der Waals surface area contributed by atoms with Gasteiger partial charge in [-0.15, -0.1) is 0 Å². The van der Waals surface area contributed by atoms with Crippen molar-refractivity contribution < 1.29 is 9.84 Å². The Hall–Kier alpha value is -0.930. The minimum Gasteiger partial charge on any atom is -0.454 e. The standard InChI is InChI=1S/C14H11Cl3O2/c1-8(18)9-5-6-12(11(16)7-9)19-13-4-2-3-10(15)14(13)17/h2-8,18H,1H3. The largest absolute Gasteiger partial charge is 0.454 e. The highest BCUT2D eigenvalue weighted by Crippen LogP contribution is 2.37. The predicted octanol–water partition coefficient (Wildman–Crippen LogP) is 5.49. The van der Waals surface area contributed by atoms with Gasteiger partial charge in [-0.1, -0.05) is 46.9 Å². The van der Waals surface area contributed by atoms with Crippen LogP contribution in [0.15, 0.2) is 36.4 Å². The third-order valence-electron chi connectivity index (χ3n) is 2.57. The molecule has 2 aromatic rings. The van der Waals surface area contributed by atoms with Crippen molar-refractivity contribution in [2.45, 2.75) is 13.0 Å². The predicted molar refractivity (Wildman–Crippen MR) is 78.6 cm³/mol. The van der Waals surface area contributed by atoms with Gasteiger partial charge in [0.05, 0.1) is 16.1 Å². The number of aliphatic hydroxyl groups is 1. The van der Waals surface area contributed by atoms with Crippen LogP contribution < -0.4 is 4.74 Å². The molecule has 0 aromatic heterocycles. The van der Waals surface area contributed by atoms with Gasteiger partial charge in [0.2, 0.25) is 0 Å². The van der Waals surface area contributed by atoms with Crippen molar-refractivity contribution in [3.63, 3.8) is 0 Å². The molecule has 0 amide bonds. The van der Waals surface area contributed by atoms with Crippen molar-refractivity contribution in [1.29, 1.82) is 0 Å². The summed E-state index contributed by atoms with van der Waals surface area (Å²) in [5.41, 5.74) is 0.717. The van der Waals surface area contributed by atoms with E-state index in [1.807, 2.05) is 0 Å². The van der Waals surface area contributed by atoms with Crippen LogP contribution in [0, 0.1) is 0 Å². The molecule has 0 radical (unpaired) electrons. The van der Waals surface area contributed by atoms with Crippen molar-refractivity contribution in [3.8, 4) is 11.5 Å². The molecule has 0 aliphatic rings. The second kappa shape index (κ2) is 6.02. The topological polar surface area (TPSA) is 29.5 Å². The molecule has 1 unspecified atom stereocenters. The lowest BCUT2D eigenvalue weighted by Gasteiger charge is -2.12. The van der Waals surface area contributed by atoms with Gasteiger partial charge in [0, 0.05) is 0 Å². The van der Waals surface area contributed by atoms with E-state index in [1.54, 1.807) is 43.3 Å². The smallest absolute Gasteiger partial charge is 0.147 e. The minimum atomic E-state index is -0.582. The molecule has 0 heterocycles. The van der Waals surface area contributed by atoms with E-state index >= 15 is 0 Å². The molecule has 2 nitrogen and oxygen atoms in total. The summed E-state index contributed by atoms with van der Waals surface area (Å²) >= 11 is 18.0. The van der Waals surface area contributed by atoms with Gasteiger partial charge in [0.1, 0.15) is 16.5 Å². The molecule has 0 saturated heterocycles. The first-order valence-electron chi connectivity index (χ1n) is 5.58. The number of halogens is 3. The monoisotopic (exact) mass is 316 g/mol. The van der Waals surface area contributed by atoms with Gasteiger partial charge < -0.3 is 9.84 Å². The number of hydrogen-bond acceptors (Lipinski definition) is 2. The van der Waals surface area contributed by atoms with E-state index in [0.29, 0.717) is 26.6 Å². The molecule has 5 heteroatoms. The van der Waals surface area contributed by atoms with Crippen molar-refractivity contribution in [3.05, 3.63) is 57.0 Å². The highest BCUT2D eigenvalue weighted by Gasteiger charge is 2.10. The SMILES string of the molecule is CC(O)c1ccc(Oc2cccc(Cl)c2Cl)c(Cl)c1. The molecule has 0 aliphatic carbocycles. The molecule has 100 valence electrons. The molecule has 0 bridgehead atoms.